The molecule has 1 aliphatic heterocycles. The van der Waals surface area contributed by atoms with Crippen LogP contribution in [-0.4, -0.2) is 28.9 Å². The number of hydrogen-bond donors (Lipinski definition) is 1. The van der Waals surface area contributed by atoms with Gasteiger partial charge < -0.3 is 9.88 Å². The van der Waals surface area contributed by atoms with E-state index >= 15 is 0 Å². The van der Waals surface area contributed by atoms with E-state index in [4.69, 9.17) is 11.6 Å². The van der Waals surface area contributed by atoms with Gasteiger partial charge in [0.25, 0.3) is 0 Å². The topological polar surface area (TPSA) is 36.1 Å². The fraction of sp³-hybridized carbons (Fsp3) is 0.438. The lowest BCUT2D eigenvalue weighted by Gasteiger charge is -2.30. The second kappa shape index (κ2) is 5.49. The number of aromatic nitrogens is 1. The van der Waals surface area contributed by atoms with Gasteiger partial charge in [-0.15, -0.1) is 0 Å². The minimum atomic E-state index is 0.229. The normalized spacial score (nSPS) is 16.8. The first-order valence-corrected chi connectivity index (χ1v) is 7.54. The van der Waals surface area contributed by atoms with Crippen molar-refractivity contribution in [2.75, 3.05) is 13.1 Å². The average molecular weight is 291 g/mol. The third-order valence-corrected chi connectivity index (χ3v) is 4.44. The van der Waals surface area contributed by atoms with Crippen LogP contribution in [0.4, 0.5) is 0 Å². The Morgan fingerprint density at radius 2 is 2.15 bits per heavy atom. The van der Waals surface area contributed by atoms with Gasteiger partial charge in [-0.1, -0.05) is 24.6 Å². The lowest BCUT2D eigenvalue weighted by molar-refractivity contribution is -0.131. The summed E-state index contributed by atoms with van der Waals surface area (Å²) in [5.41, 5.74) is 2.05. The van der Waals surface area contributed by atoms with Gasteiger partial charge >= 0.3 is 0 Å². The molecule has 1 amide bonds. The molecule has 20 heavy (non-hydrogen) atoms. The minimum absolute atomic E-state index is 0.229. The van der Waals surface area contributed by atoms with Crippen LogP contribution in [0.5, 0.6) is 0 Å². The Morgan fingerprint density at radius 3 is 2.90 bits per heavy atom. The van der Waals surface area contributed by atoms with E-state index in [2.05, 4.69) is 11.9 Å². The second-order valence-corrected chi connectivity index (χ2v) is 6.18. The van der Waals surface area contributed by atoms with Gasteiger partial charge in [0.05, 0.1) is 6.42 Å². The Hall–Kier alpha value is -1.48. The van der Waals surface area contributed by atoms with E-state index in [0.717, 1.165) is 48.3 Å². The fourth-order valence-corrected chi connectivity index (χ4v) is 3.01. The zero-order valence-corrected chi connectivity index (χ0v) is 12.4. The first kappa shape index (κ1) is 13.5. The molecule has 1 fully saturated rings. The molecule has 1 aromatic carbocycles. The van der Waals surface area contributed by atoms with Gasteiger partial charge in [-0.25, -0.2) is 0 Å². The number of fused-ring (bicyclic) bond motifs is 1. The van der Waals surface area contributed by atoms with Crippen LogP contribution in [0.2, 0.25) is 5.02 Å². The number of nitrogens with zero attached hydrogens (tertiary/aromatic N) is 1. The summed E-state index contributed by atoms with van der Waals surface area (Å²) in [6.45, 7) is 4.05. The fourth-order valence-electron chi connectivity index (χ4n) is 2.84. The van der Waals surface area contributed by atoms with E-state index < -0.39 is 0 Å². The van der Waals surface area contributed by atoms with Gasteiger partial charge in [0, 0.05) is 35.2 Å². The van der Waals surface area contributed by atoms with E-state index in [1.807, 2.05) is 29.3 Å². The molecule has 4 heteroatoms. The monoisotopic (exact) mass is 290 g/mol. The Balaban J connectivity index is 1.74. The molecule has 106 valence electrons. The van der Waals surface area contributed by atoms with Gasteiger partial charge in [0.2, 0.25) is 5.91 Å². The van der Waals surface area contributed by atoms with Crippen LogP contribution >= 0.6 is 11.6 Å². The van der Waals surface area contributed by atoms with E-state index in [-0.39, 0.29) is 5.91 Å². The van der Waals surface area contributed by atoms with Crippen molar-refractivity contribution in [3.05, 3.63) is 35.0 Å². The van der Waals surface area contributed by atoms with Crippen LogP contribution in [0.1, 0.15) is 25.3 Å². The summed E-state index contributed by atoms with van der Waals surface area (Å²) in [6, 6.07) is 5.75. The number of benzene rings is 1. The number of hydrogen-bond acceptors (Lipinski definition) is 1. The lowest BCUT2D eigenvalue weighted by atomic mass is 9.98. The molecule has 1 N–H and O–H groups in total. The SMILES string of the molecule is CC1CCN(C(=O)Cc2c[nH]c3cc(Cl)ccc23)CC1. The summed E-state index contributed by atoms with van der Waals surface area (Å²) < 4.78 is 0. The number of nitrogens with one attached hydrogen (secondary N) is 1. The third kappa shape index (κ3) is 2.68. The largest absolute Gasteiger partial charge is 0.361 e. The maximum absolute atomic E-state index is 12.4. The van der Waals surface area contributed by atoms with Crippen molar-refractivity contribution in [2.24, 2.45) is 5.92 Å². The highest BCUT2D eigenvalue weighted by molar-refractivity contribution is 6.31. The van der Waals surface area contributed by atoms with Crippen LogP contribution in [-0.2, 0) is 11.2 Å². The number of rotatable bonds is 2. The summed E-state index contributed by atoms with van der Waals surface area (Å²) in [7, 11) is 0. The van der Waals surface area contributed by atoms with Crippen molar-refractivity contribution in [3.8, 4) is 0 Å². The van der Waals surface area contributed by atoms with Crippen molar-refractivity contribution >= 4 is 28.4 Å². The summed E-state index contributed by atoms with van der Waals surface area (Å²) in [5, 5.41) is 1.80. The maximum atomic E-state index is 12.4. The number of halogens is 1. The molecule has 0 unspecified atom stereocenters. The van der Waals surface area contributed by atoms with Gasteiger partial charge in [-0.05, 0) is 36.5 Å². The zero-order valence-electron chi connectivity index (χ0n) is 11.7. The van der Waals surface area contributed by atoms with Gasteiger partial charge in [-0.3, -0.25) is 4.79 Å². The van der Waals surface area contributed by atoms with Crippen LogP contribution in [0.3, 0.4) is 0 Å². The van der Waals surface area contributed by atoms with Crippen LogP contribution in [0.15, 0.2) is 24.4 Å². The highest BCUT2D eigenvalue weighted by Crippen LogP contribution is 2.23. The molecule has 1 aromatic heterocycles. The molecule has 0 atom stereocenters. The summed E-state index contributed by atoms with van der Waals surface area (Å²) in [6.07, 6.45) is 4.63. The smallest absolute Gasteiger partial charge is 0.227 e. The third-order valence-electron chi connectivity index (χ3n) is 4.21. The summed E-state index contributed by atoms with van der Waals surface area (Å²) in [5.74, 6) is 0.974. The molecular weight excluding hydrogens is 272 g/mol. The van der Waals surface area contributed by atoms with Crippen LogP contribution < -0.4 is 0 Å². The Labute approximate surface area is 123 Å². The Kier molecular flexibility index (Phi) is 3.70. The number of aromatic amines is 1. The van der Waals surface area contributed by atoms with Gasteiger partial charge in [0.15, 0.2) is 0 Å². The molecular formula is C16H19ClN2O. The van der Waals surface area contributed by atoms with Crippen LogP contribution in [0.25, 0.3) is 10.9 Å². The van der Waals surface area contributed by atoms with Crippen molar-refractivity contribution in [1.82, 2.24) is 9.88 Å². The molecule has 0 bridgehead atoms. The first-order valence-electron chi connectivity index (χ1n) is 7.17. The van der Waals surface area contributed by atoms with Crippen molar-refractivity contribution in [2.45, 2.75) is 26.2 Å². The molecule has 2 aromatic rings. The van der Waals surface area contributed by atoms with E-state index in [9.17, 15) is 4.79 Å². The molecule has 0 spiro atoms. The van der Waals surface area contributed by atoms with E-state index in [1.165, 1.54) is 0 Å². The molecule has 0 aliphatic carbocycles. The van der Waals surface area contributed by atoms with Gasteiger partial charge in [0.1, 0.15) is 0 Å². The molecule has 0 saturated carbocycles. The maximum Gasteiger partial charge on any atom is 0.227 e. The summed E-state index contributed by atoms with van der Waals surface area (Å²) >= 11 is 5.97. The molecule has 0 radical (unpaired) electrons. The highest BCUT2D eigenvalue weighted by atomic mass is 35.5. The van der Waals surface area contributed by atoms with Crippen molar-refractivity contribution < 1.29 is 4.79 Å². The lowest BCUT2D eigenvalue weighted by Crippen LogP contribution is -2.38. The summed E-state index contributed by atoms with van der Waals surface area (Å²) in [4.78, 5) is 17.6. The van der Waals surface area contributed by atoms with Crippen LogP contribution in [0, 0.1) is 5.92 Å². The number of amides is 1. The Morgan fingerprint density at radius 1 is 1.40 bits per heavy atom. The van der Waals surface area contributed by atoms with E-state index in [1.54, 1.807) is 0 Å². The molecule has 1 aliphatic rings. The highest BCUT2D eigenvalue weighted by Gasteiger charge is 2.21. The van der Waals surface area contributed by atoms with Crippen molar-refractivity contribution in [3.63, 3.8) is 0 Å². The zero-order chi connectivity index (χ0) is 14.1. The predicted molar refractivity (Wildman–Crippen MR) is 82.0 cm³/mol. The molecule has 3 nitrogen and oxygen atoms in total. The number of piperidine rings is 1. The van der Waals surface area contributed by atoms with Crippen molar-refractivity contribution in [1.29, 1.82) is 0 Å². The number of likely N-dealkylation sites (tertiary alicyclic amines) is 1. The second-order valence-electron chi connectivity index (χ2n) is 5.74. The number of H-pyrrole nitrogens is 1. The van der Waals surface area contributed by atoms with E-state index in [0.29, 0.717) is 11.4 Å². The average Bonchev–Trinajstić information content (AvgIpc) is 2.81. The van der Waals surface area contributed by atoms with Gasteiger partial charge in [-0.2, -0.15) is 0 Å². The Bertz CT molecular complexity index is 626. The molecule has 1 saturated heterocycles. The first-order chi connectivity index (χ1) is 9.63. The molecule has 2 heterocycles. The number of carbonyl (C=O) groups is 1. The minimum Gasteiger partial charge on any atom is -0.361 e. The standard InChI is InChI=1S/C16H19ClN2O/c1-11-4-6-19(7-5-11)16(20)8-12-10-18-15-9-13(17)2-3-14(12)15/h2-3,9-11,18H,4-8H2,1H3. The molecule has 3 rings (SSSR count). The number of carbonyl (C=O) groups excluding carboxylic acids is 1. The quantitative estimate of drug-likeness (QED) is 0.901. The predicted octanol–water partition coefficient (Wildman–Crippen LogP) is 3.62.